The number of morpholine rings is 1. The molecule has 0 saturated carbocycles. The SMILES string of the molecule is O=C(CCN1CCOCC1)Nc1cccc2c1C(=O)c1ccccc1C2=O.O=C(O)C=CC(=O)O. The summed E-state index contributed by atoms with van der Waals surface area (Å²) in [4.78, 5) is 59.4. The first kappa shape index (κ1) is 25.5. The number of fused-ring (bicyclic) bond motifs is 2. The number of carboxylic acids is 2. The molecule has 1 saturated heterocycles. The van der Waals surface area contributed by atoms with Crippen molar-refractivity contribution in [2.45, 2.75) is 6.42 Å². The maximum atomic E-state index is 12.9. The quantitative estimate of drug-likeness (QED) is 0.449. The van der Waals surface area contributed by atoms with Crippen LogP contribution in [-0.2, 0) is 19.1 Å². The van der Waals surface area contributed by atoms with E-state index in [0.29, 0.717) is 60.7 Å². The number of hydrogen-bond acceptors (Lipinski definition) is 7. The number of aliphatic carboxylic acids is 2. The Labute approximate surface area is 200 Å². The number of carboxylic acid groups (broad SMARTS) is 2. The van der Waals surface area contributed by atoms with Gasteiger partial charge in [0.1, 0.15) is 0 Å². The molecule has 1 aliphatic carbocycles. The average molecular weight is 480 g/mol. The smallest absolute Gasteiger partial charge is 0.328 e. The largest absolute Gasteiger partial charge is 0.478 e. The van der Waals surface area contributed by atoms with E-state index in [1.807, 2.05) is 0 Å². The van der Waals surface area contributed by atoms with E-state index in [4.69, 9.17) is 14.9 Å². The van der Waals surface area contributed by atoms with Crippen molar-refractivity contribution in [3.8, 4) is 0 Å². The second-order valence-electron chi connectivity index (χ2n) is 7.69. The number of carbonyl (C=O) groups excluding carboxylic acids is 3. The third-order valence-electron chi connectivity index (χ3n) is 5.35. The molecule has 3 N–H and O–H groups in total. The van der Waals surface area contributed by atoms with Crippen LogP contribution in [0.25, 0.3) is 0 Å². The van der Waals surface area contributed by atoms with Gasteiger partial charge >= 0.3 is 11.9 Å². The van der Waals surface area contributed by atoms with Gasteiger partial charge in [0, 0.05) is 54.9 Å². The van der Waals surface area contributed by atoms with E-state index in [9.17, 15) is 24.0 Å². The van der Waals surface area contributed by atoms with Crippen molar-refractivity contribution >= 4 is 35.1 Å². The first-order valence-corrected chi connectivity index (χ1v) is 10.8. The van der Waals surface area contributed by atoms with Crippen LogP contribution < -0.4 is 5.32 Å². The Balaban J connectivity index is 0.000000371. The Morgan fingerprint density at radius 2 is 1.43 bits per heavy atom. The molecule has 0 unspecified atom stereocenters. The fraction of sp³-hybridized carbons (Fsp3) is 0.240. The highest BCUT2D eigenvalue weighted by Gasteiger charge is 2.31. The van der Waals surface area contributed by atoms with Gasteiger partial charge in [0.05, 0.1) is 24.5 Å². The average Bonchev–Trinajstić information content (AvgIpc) is 2.86. The summed E-state index contributed by atoms with van der Waals surface area (Å²) in [5.74, 6) is -3.11. The van der Waals surface area contributed by atoms with Crippen LogP contribution in [0.1, 0.15) is 38.3 Å². The molecule has 0 aromatic heterocycles. The number of ketones is 2. The summed E-state index contributed by atoms with van der Waals surface area (Å²) in [5.41, 5.74) is 1.80. The molecule has 2 aromatic carbocycles. The molecule has 0 atom stereocenters. The van der Waals surface area contributed by atoms with Gasteiger partial charge in [-0.05, 0) is 6.07 Å². The fourth-order valence-electron chi connectivity index (χ4n) is 3.69. The highest BCUT2D eigenvalue weighted by molar-refractivity contribution is 6.30. The second kappa shape index (κ2) is 11.8. The predicted molar refractivity (Wildman–Crippen MR) is 125 cm³/mol. The number of nitrogens with zero attached hydrogens (tertiary/aromatic N) is 1. The van der Waals surface area contributed by atoms with Crippen LogP contribution in [-0.4, -0.2) is 77.4 Å². The van der Waals surface area contributed by atoms with Gasteiger partial charge in [-0.1, -0.05) is 36.4 Å². The first-order chi connectivity index (χ1) is 16.8. The highest BCUT2D eigenvalue weighted by atomic mass is 16.5. The number of amides is 1. The zero-order valence-electron chi connectivity index (χ0n) is 18.7. The van der Waals surface area contributed by atoms with Crippen molar-refractivity contribution < 1.29 is 38.9 Å². The Bertz CT molecular complexity index is 1170. The normalized spacial score (nSPS) is 15.0. The van der Waals surface area contributed by atoms with Crippen LogP contribution in [0, 0.1) is 0 Å². The summed E-state index contributed by atoms with van der Waals surface area (Å²) < 4.78 is 5.30. The maximum absolute atomic E-state index is 12.9. The summed E-state index contributed by atoms with van der Waals surface area (Å²) in [7, 11) is 0. The number of anilines is 1. The summed E-state index contributed by atoms with van der Waals surface area (Å²) in [5, 5.41) is 18.4. The minimum absolute atomic E-state index is 0.172. The molecule has 1 heterocycles. The number of carbonyl (C=O) groups is 5. The van der Waals surface area contributed by atoms with Gasteiger partial charge < -0.3 is 20.3 Å². The van der Waals surface area contributed by atoms with Crippen LogP contribution >= 0.6 is 0 Å². The molecule has 4 rings (SSSR count). The monoisotopic (exact) mass is 480 g/mol. The molecule has 35 heavy (non-hydrogen) atoms. The van der Waals surface area contributed by atoms with Gasteiger partial charge in [0.25, 0.3) is 0 Å². The molecule has 1 aliphatic heterocycles. The van der Waals surface area contributed by atoms with E-state index in [-0.39, 0.29) is 23.0 Å². The van der Waals surface area contributed by atoms with Crippen molar-refractivity contribution in [1.29, 1.82) is 0 Å². The van der Waals surface area contributed by atoms with E-state index in [1.54, 1.807) is 42.5 Å². The molecular formula is C25H24N2O8. The van der Waals surface area contributed by atoms with E-state index >= 15 is 0 Å². The van der Waals surface area contributed by atoms with E-state index in [1.165, 1.54) is 0 Å². The van der Waals surface area contributed by atoms with Gasteiger partial charge in [-0.25, -0.2) is 9.59 Å². The van der Waals surface area contributed by atoms with E-state index < -0.39 is 11.9 Å². The predicted octanol–water partition coefficient (Wildman–Crippen LogP) is 1.83. The first-order valence-electron chi connectivity index (χ1n) is 10.8. The molecule has 182 valence electrons. The summed E-state index contributed by atoms with van der Waals surface area (Å²) in [6, 6.07) is 11.8. The molecule has 1 fully saturated rings. The minimum Gasteiger partial charge on any atom is -0.478 e. The number of nitrogens with one attached hydrogen (secondary N) is 1. The summed E-state index contributed by atoms with van der Waals surface area (Å²) in [6.45, 7) is 3.64. The van der Waals surface area contributed by atoms with Crippen molar-refractivity contribution in [3.05, 3.63) is 76.9 Å². The highest BCUT2D eigenvalue weighted by Crippen LogP contribution is 2.31. The van der Waals surface area contributed by atoms with Crippen LogP contribution in [0.5, 0.6) is 0 Å². The Kier molecular flexibility index (Phi) is 8.60. The third kappa shape index (κ3) is 6.69. The lowest BCUT2D eigenvalue weighted by Gasteiger charge is -2.26. The van der Waals surface area contributed by atoms with Crippen LogP contribution in [0.2, 0.25) is 0 Å². The summed E-state index contributed by atoms with van der Waals surface area (Å²) >= 11 is 0. The molecule has 2 aliphatic rings. The van der Waals surface area contributed by atoms with Crippen molar-refractivity contribution in [3.63, 3.8) is 0 Å². The number of ether oxygens (including phenoxy) is 1. The summed E-state index contributed by atoms with van der Waals surface area (Å²) in [6.07, 6.45) is 1.44. The van der Waals surface area contributed by atoms with Crippen molar-refractivity contribution in [2.75, 3.05) is 38.2 Å². The number of rotatable bonds is 6. The third-order valence-corrected chi connectivity index (χ3v) is 5.35. The molecule has 10 heteroatoms. The fourth-order valence-corrected chi connectivity index (χ4v) is 3.69. The molecule has 0 radical (unpaired) electrons. The Hall–Kier alpha value is -4.15. The lowest BCUT2D eigenvalue weighted by Crippen LogP contribution is -2.38. The standard InChI is InChI=1S/C21H20N2O4.C4H4O4/c24-18(8-9-23-10-12-27-13-11-23)22-17-7-3-6-16-19(17)21(26)15-5-2-1-4-14(15)20(16)25;5-3(6)1-2-4(7)8/h1-7H,8-13H2,(H,22,24);1-2H,(H,5,6)(H,7,8). The second-order valence-corrected chi connectivity index (χ2v) is 7.69. The van der Waals surface area contributed by atoms with Gasteiger partial charge in [0.15, 0.2) is 11.6 Å². The molecule has 0 spiro atoms. The molecule has 10 nitrogen and oxygen atoms in total. The number of hydrogen-bond donors (Lipinski definition) is 3. The molecule has 1 amide bonds. The topological polar surface area (TPSA) is 150 Å². The lowest BCUT2D eigenvalue weighted by molar-refractivity contribution is -0.134. The zero-order valence-corrected chi connectivity index (χ0v) is 18.7. The lowest BCUT2D eigenvalue weighted by atomic mass is 9.83. The minimum atomic E-state index is -1.26. The van der Waals surface area contributed by atoms with Crippen LogP contribution in [0.4, 0.5) is 5.69 Å². The van der Waals surface area contributed by atoms with Crippen molar-refractivity contribution in [1.82, 2.24) is 4.90 Å². The van der Waals surface area contributed by atoms with Crippen LogP contribution in [0.15, 0.2) is 54.6 Å². The van der Waals surface area contributed by atoms with Crippen LogP contribution in [0.3, 0.4) is 0 Å². The Morgan fingerprint density at radius 1 is 0.857 bits per heavy atom. The zero-order chi connectivity index (χ0) is 25.4. The van der Waals surface area contributed by atoms with Gasteiger partial charge in [-0.3, -0.25) is 19.3 Å². The molecule has 0 bridgehead atoms. The molecular weight excluding hydrogens is 456 g/mol. The molecule has 2 aromatic rings. The van der Waals surface area contributed by atoms with Gasteiger partial charge in [-0.2, -0.15) is 0 Å². The van der Waals surface area contributed by atoms with Gasteiger partial charge in [-0.15, -0.1) is 0 Å². The number of benzene rings is 2. The maximum Gasteiger partial charge on any atom is 0.328 e. The van der Waals surface area contributed by atoms with E-state index in [0.717, 1.165) is 13.1 Å². The van der Waals surface area contributed by atoms with E-state index in [2.05, 4.69) is 10.2 Å². The van der Waals surface area contributed by atoms with Gasteiger partial charge in [0.2, 0.25) is 5.91 Å². The van der Waals surface area contributed by atoms with Crippen molar-refractivity contribution in [2.24, 2.45) is 0 Å². The Morgan fingerprint density at radius 3 is 2.03 bits per heavy atom.